The minimum atomic E-state index is -2.00. The quantitative estimate of drug-likeness (QED) is 0.105. The van der Waals surface area contributed by atoms with E-state index in [-0.39, 0.29) is 22.7 Å². The minimum Gasteiger partial charge on any atom is -0.508 e. The summed E-state index contributed by atoms with van der Waals surface area (Å²) >= 11 is 0. The van der Waals surface area contributed by atoms with Crippen LogP contribution in [0.25, 0.3) is 22.3 Å². The molecule has 0 amide bonds. The molecule has 3 saturated heterocycles. The molecule has 2 aromatic carbocycles. The number of aromatic hydroxyl groups is 3. The number of rotatable bonds is 9. The van der Waals surface area contributed by atoms with E-state index in [2.05, 4.69) is 0 Å². The molecule has 0 bridgehead atoms. The van der Waals surface area contributed by atoms with Gasteiger partial charge < -0.3 is 88.6 Å². The van der Waals surface area contributed by atoms with Crippen LogP contribution in [-0.4, -0.2) is 156 Å². The molecule has 0 radical (unpaired) electrons. The van der Waals surface area contributed by atoms with E-state index in [1.54, 1.807) is 0 Å². The number of fused-ring (bicyclic) bond motifs is 1. The predicted molar refractivity (Wildman–Crippen MR) is 179 cm³/mol. The molecule has 55 heavy (non-hydrogen) atoms. The van der Waals surface area contributed by atoms with Gasteiger partial charge in [0.25, 0.3) is 0 Å². The molecule has 20 heteroatoms. The molecule has 3 aromatic rings. The van der Waals surface area contributed by atoms with Crippen LogP contribution in [-0.2, 0) is 33.2 Å². The van der Waals surface area contributed by atoms with E-state index >= 15 is 0 Å². The topological polar surface area (TPSA) is 314 Å². The summed E-state index contributed by atoms with van der Waals surface area (Å²) in [4.78, 5) is 25.8. The average Bonchev–Trinajstić information content (AvgIpc) is 3.13. The number of esters is 1. The van der Waals surface area contributed by atoms with Crippen LogP contribution < -0.4 is 10.2 Å². The second-order valence-corrected chi connectivity index (χ2v) is 13.5. The zero-order valence-electron chi connectivity index (χ0n) is 29.4. The molecule has 3 aliphatic heterocycles. The van der Waals surface area contributed by atoms with Gasteiger partial charge in [-0.15, -0.1) is 0 Å². The van der Waals surface area contributed by atoms with Crippen LogP contribution in [0.3, 0.4) is 0 Å². The van der Waals surface area contributed by atoms with Gasteiger partial charge in [0, 0.05) is 24.6 Å². The summed E-state index contributed by atoms with van der Waals surface area (Å²) in [5, 5.41) is 104. The van der Waals surface area contributed by atoms with Crippen LogP contribution >= 0.6 is 0 Å². The van der Waals surface area contributed by atoms with Gasteiger partial charge in [0.1, 0.15) is 83.2 Å². The van der Waals surface area contributed by atoms with Gasteiger partial charge in [-0.2, -0.15) is 0 Å². The molecule has 0 spiro atoms. The van der Waals surface area contributed by atoms with Crippen LogP contribution in [0.1, 0.15) is 20.8 Å². The highest BCUT2D eigenvalue weighted by Crippen LogP contribution is 2.38. The fraction of sp³-hybridized carbons (Fsp3) is 0.543. The van der Waals surface area contributed by atoms with Gasteiger partial charge in [0.2, 0.25) is 17.5 Å². The molecule has 20 nitrogen and oxygen atoms in total. The minimum absolute atomic E-state index is 0.133. The summed E-state index contributed by atoms with van der Waals surface area (Å²) < 4.78 is 45.5. The van der Waals surface area contributed by atoms with Gasteiger partial charge >= 0.3 is 5.97 Å². The second-order valence-electron chi connectivity index (χ2n) is 13.5. The van der Waals surface area contributed by atoms with Crippen molar-refractivity contribution in [3.8, 4) is 34.3 Å². The molecule has 3 aliphatic rings. The van der Waals surface area contributed by atoms with Gasteiger partial charge in [-0.1, -0.05) is 0 Å². The van der Waals surface area contributed by atoms with Crippen molar-refractivity contribution in [1.29, 1.82) is 0 Å². The Morgan fingerprint density at radius 3 is 2.02 bits per heavy atom. The van der Waals surface area contributed by atoms with Crippen LogP contribution in [0.15, 0.2) is 45.6 Å². The maximum Gasteiger partial charge on any atom is 0.303 e. The highest BCUT2D eigenvalue weighted by atomic mass is 16.8. The summed E-state index contributed by atoms with van der Waals surface area (Å²) in [5.74, 6) is -3.01. The monoisotopic (exact) mass is 782 g/mol. The summed E-state index contributed by atoms with van der Waals surface area (Å²) in [6.07, 6.45) is -23.9. The van der Waals surface area contributed by atoms with E-state index in [4.69, 9.17) is 37.6 Å². The highest BCUT2D eigenvalue weighted by molar-refractivity contribution is 5.88. The van der Waals surface area contributed by atoms with Crippen LogP contribution in [0, 0.1) is 0 Å². The first-order valence-corrected chi connectivity index (χ1v) is 17.1. The Balaban J connectivity index is 1.22. The third-order valence-corrected chi connectivity index (χ3v) is 9.53. The molecular formula is C35H42O20. The number of carbonyl (C=O) groups excluding carboxylic acids is 1. The number of aliphatic hydroxyl groups excluding tert-OH is 7. The Bertz CT molecular complexity index is 1880. The zero-order valence-corrected chi connectivity index (χ0v) is 29.4. The molecule has 0 unspecified atom stereocenters. The van der Waals surface area contributed by atoms with Crippen LogP contribution in [0.4, 0.5) is 0 Å². The maximum absolute atomic E-state index is 13.8. The molecule has 6 rings (SSSR count). The molecule has 10 N–H and O–H groups in total. The molecule has 0 saturated carbocycles. The Kier molecular flexibility index (Phi) is 11.9. The number of hydrogen-bond donors (Lipinski definition) is 10. The van der Waals surface area contributed by atoms with Crippen molar-refractivity contribution >= 4 is 16.9 Å². The highest BCUT2D eigenvalue weighted by Gasteiger charge is 2.52. The fourth-order valence-electron chi connectivity index (χ4n) is 6.56. The van der Waals surface area contributed by atoms with Gasteiger partial charge in [-0.25, -0.2) is 0 Å². The normalized spacial score (nSPS) is 36.7. The largest absolute Gasteiger partial charge is 0.508 e. The van der Waals surface area contributed by atoms with E-state index in [0.717, 1.165) is 19.1 Å². The Labute approximate surface area is 310 Å². The Morgan fingerprint density at radius 1 is 0.709 bits per heavy atom. The summed E-state index contributed by atoms with van der Waals surface area (Å²) in [5.41, 5.74) is -1.08. The molecule has 302 valence electrons. The third-order valence-electron chi connectivity index (χ3n) is 9.53. The average molecular weight is 783 g/mol. The standard InChI is InChI=1S/C35H42O20/c1-11-21(40)24(43)26(45)34(49-11)54-29-12(2)50-33(28(47)32(29)51-13(3)36)48-10-19-22(41)25(44)27(46)35(53-19)55-31-23(42)20-17(39)8-16(38)9-18(20)52-30(31)14-4-6-15(37)7-5-14/h4-9,11-12,19,21-22,24-29,32-35,37-41,43-47H,10H2,1-3H3/t11-,12-,19+,21-,22-,24+,25-,26+,27+,28+,29-,32-,33+,34-,35-/m0/s1. The maximum atomic E-state index is 13.8. The Hall–Kier alpha value is -4.16. The van der Waals surface area contributed by atoms with E-state index in [0.29, 0.717) is 0 Å². The van der Waals surface area contributed by atoms with Crippen LogP contribution in [0.2, 0.25) is 0 Å². The van der Waals surface area contributed by atoms with Crippen molar-refractivity contribution in [3.63, 3.8) is 0 Å². The van der Waals surface area contributed by atoms with Crippen LogP contribution in [0.5, 0.6) is 23.0 Å². The fourth-order valence-corrected chi connectivity index (χ4v) is 6.56. The lowest BCUT2D eigenvalue weighted by Gasteiger charge is -2.46. The lowest BCUT2D eigenvalue weighted by Crippen LogP contribution is -2.64. The molecule has 1 aromatic heterocycles. The number of phenols is 3. The molecule has 0 aliphatic carbocycles. The number of aliphatic hydroxyl groups is 7. The first kappa shape index (κ1) is 40.5. The van der Waals surface area contributed by atoms with Crippen molar-refractivity contribution in [1.82, 2.24) is 0 Å². The smallest absolute Gasteiger partial charge is 0.303 e. The van der Waals surface area contributed by atoms with Gasteiger partial charge in [0.05, 0.1) is 18.8 Å². The molecule has 3 fully saturated rings. The molecule has 4 heterocycles. The zero-order chi connectivity index (χ0) is 40.0. The van der Waals surface area contributed by atoms with Gasteiger partial charge in [-0.05, 0) is 38.1 Å². The van der Waals surface area contributed by atoms with E-state index in [9.17, 15) is 60.7 Å². The van der Waals surface area contributed by atoms with Crippen molar-refractivity contribution < 1.29 is 93.4 Å². The number of benzene rings is 2. The lowest BCUT2D eigenvalue weighted by molar-refractivity contribution is -0.357. The van der Waals surface area contributed by atoms with E-state index in [1.807, 2.05) is 0 Å². The van der Waals surface area contributed by atoms with Gasteiger partial charge in [0.15, 0.2) is 24.4 Å². The molecule has 15 atom stereocenters. The number of hydrogen-bond acceptors (Lipinski definition) is 20. The van der Waals surface area contributed by atoms with Crippen molar-refractivity contribution in [2.45, 2.75) is 113 Å². The lowest BCUT2D eigenvalue weighted by atomic mass is 9.97. The number of phenolic OH excluding ortho intramolecular Hbond substituents is 3. The SMILES string of the molecule is CC(=O)O[C@H]1[C@@H](O)[C@H](OC[C@H]2O[C@@H](Oc3c(-c4ccc(O)cc4)oc4cc(O)cc(O)c4c3=O)[C@H](O)[C@@H](O)[C@H]2O)O[C@@H](C)[C@@H]1O[C@@H]1O[C@@H](C)[C@H](O)[C@@H](O)[C@H]1O. The number of ether oxygens (including phenoxy) is 7. The van der Waals surface area contributed by atoms with E-state index < -0.39 is 133 Å². The van der Waals surface area contributed by atoms with E-state index in [1.165, 1.54) is 38.1 Å². The Morgan fingerprint density at radius 2 is 1.35 bits per heavy atom. The first-order chi connectivity index (χ1) is 26.0. The number of carbonyl (C=O) groups is 1. The second kappa shape index (κ2) is 16.1. The predicted octanol–water partition coefficient (Wildman–Crippen LogP) is -1.97. The first-order valence-electron chi connectivity index (χ1n) is 17.1. The summed E-state index contributed by atoms with van der Waals surface area (Å²) in [7, 11) is 0. The summed E-state index contributed by atoms with van der Waals surface area (Å²) in [6, 6.07) is 7.21. The molecular weight excluding hydrogens is 740 g/mol. The van der Waals surface area contributed by atoms with Crippen molar-refractivity contribution in [3.05, 3.63) is 46.6 Å². The third kappa shape index (κ3) is 8.08. The summed E-state index contributed by atoms with van der Waals surface area (Å²) in [6.45, 7) is 3.25. The van der Waals surface area contributed by atoms with Crippen molar-refractivity contribution in [2.24, 2.45) is 0 Å². The van der Waals surface area contributed by atoms with Gasteiger partial charge in [-0.3, -0.25) is 9.59 Å². The van der Waals surface area contributed by atoms with Crippen molar-refractivity contribution in [2.75, 3.05) is 6.61 Å².